The fourth-order valence-corrected chi connectivity index (χ4v) is 17.4. The number of amides is 2. The van der Waals surface area contributed by atoms with Crippen molar-refractivity contribution in [3.63, 3.8) is 0 Å². The summed E-state index contributed by atoms with van der Waals surface area (Å²) in [6.07, 6.45) is 2.71. The van der Waals surface area contributed by atoms with Gasteiger partial charge in [-0.1, -0.05) is 0 Å². The Hall–Kier alpha value is -2.95. The SMILES string of the molecule is Cc1cc(Oc2ccccc2)cc[c]1[Sn]1([CH3])[C](=O)Nc2c(C(=O)N[C@@H]3CCN(C(C)C)C3)sc3ncc[c]1c23. The van der Waals surface area contributed by atoms with Gasteiger partial charge in [-0.3, -0.25) is 0 Å². The number of benzene rings is 2. The molecular weight excluding hydrogens is 615 g/mol. The molecule has 9 heteroatoms. The second kappa shape index (κ2) is 10.2. The normalized spacial score (nSPS) is 20.8. The number of para-hydroxylation sites is 1. The molecule has 4 aromatic rings. The number of anilines is 1. The van der Waals surface area contributed by atoms with E-state index in [0.29, 0.717) is 16.6 Å². The molecule has 2 aromatic carbocycles. The standard InChI is InChI=1S/C16H18N4O2S.C13H11O.CH3.Sn/c1-10(2)20-7-5-11(8-20)19-15(22)14-13(18-9-21)12-4-3-6-17-16(12)23-14;1-11-6-5-9-13(10-11)14-12-7-3-2-4-8-12;;/h3,6,10-11H,5,7-8H2,1-2H3,(H,18,21)(H,19,22);2-5,7-10H,1H3;1H3;/t11-;;;/m1.../s1. The summed E-state index contributed by atoms with van der Waals surface area (Å²) in [7, 11) is 0. The maximum absolute atomic E-state index is 14.0. The number of hydrogen-bond acceptors (Lipinski definition) is 6. The number of hydrogen-bond donors (Lipinski definition) is 2. The van der Waals surface area contributed by atoms with E-state index < -0.39 is 18.4 Å². The van der Waals surface area contributed by atoms with Crippen molar-refractivity contribution < 1.29 is 14.3 Å². The Morgan fingerprint density at radius 2 is 1.95 bits per heavy atom. The Balaban J connectivity index is 1.35. The zero-order valence-electron chi connectivity index (χ0n) is 22.6. The van der Waals surface area contributed by atoms with E-state index >= 15 is 0 Å². The minimum atomic E-state index is -3.87. The molecule has 0 saturated carbocycles. The first-order valence-electron chi connectivity index (χ1n) is 13.4. The third-order valence-electron chi connectivity index (χ3n) is 8.03. The monoisotopic (exact) mass is 648 g/mol. The van der Waals surface area contributed by atoms with Crippen LogP contribution in [0.25, 0.3) is 10.2 Å². The van der Waals surface area contributed by atoms with Gasteiger partial charge in [0.05, 0.1) is 0 Å². The van der Waals surface area contributed by atoms with Gasteiger partial charge in [-0.2, -0.15) is 0 Å². The molecule has 2 aromatic heterocycles. The van der Waals surface area contributed by atoms with Gasteiger partial charge in [0.15, 0.2) is 0 Å². The second-order valence-electron chi connectivity index (χ2n) is 10.9. The van der Waals surface area contributed by atoms with Crippen LogP contribution in [-0.2, 0) is 0 Å². The third kappa shape index (κ3) is 4.62. The number of carbonyl (C=O) groups excluding carboxylic acids is 2. The minimum absolute atomic E-state index is 0.0448. The van der Waals surface area contributed by atoms with E-state index in [1.807, 2.05) is 55.5 Å². The van der Waals surface area contributed by atoms with Crippen LogP contribution in [0.15, 0.2) is 60.8 Å². The van der Waals surface area contributed by atoms with Crippen molar-refractivity contribution >= 4 is 62.6 Å². The Morgan fingerprint density at radius 3 is 2.67 bits per heavy atom. The summed E-state index contributed by atoms with van der Waals surface area (Å²) in [4.78, 5) is 37.9. The Morgan fingerprint density at radius 1 is 1.15 bits per heavy atom. The van der Waals surface area contributed by atoms with Crippen LogP contribution in [-0.4, -0.2) is 63.3 Å². The first-order chi connectivity index (χ1) is 18.8. The van der Waals surface area contributed by atoms with Crippen molar-refractivity contribution in [2.45, 2.75) is 44.2 Å². The summed E-state index contributed by atoms with van der Waals surface area (Å²) < 4.78 is 8.25. The van der Waals surface area contributed by atoms with Crippen LogP contribution in [0.4, 0.5) is 10.5 Å². The predicted octanol–water partition coefficient (Wildman–Crippen LogP) is 4.93. The van der Waals surface area contributed by atoms with Crippen molar-refractivity contribution in [1.29, 1.82) is 0 Å². The van der Waals surface area contributed by atoms with Gasteiger partial charge < -0.3 is 0 Å². The van der Waals surface area contributed by atoms with E-state index in [0.717, 1.165) is 53.9 Å². The molecule has 2 aliphatic rings. The molecule has 2 aliphatic heterocycles. The van der Waals surface area contributed by atoms with E-state index in [1.165, 1.54) is 11.3 Å². The molecule has 1 unspecified atom stereocenters. The van der Waals surface area contributed by atoms with Crippen LogP contribution in [0.3, 0.4) is 0 Å². The maximum atomic E-state index is 14.0. The molecule has 0 radical (unpaired) electrons. The quantitative estimate of drug-likeness (QED) is 0.290. The van der Waals surface area contributed by atoms with E-state index in [-0.39, 0.29) is 15.9 Å². The number of carbonyl (C=O) groups is 2. The number of likely N-dealkylation sites (tertiary alicyclic amines) is 1. The number of pyridine rings is 1. The van der Waals surface area contributed by atoms with Crippen molar-refractivity contribution in [3.05, 3.63) is 71.2 Å². The van der Waals surface area contributed by atoms with Gasteiger partial charge in [0.2, 0.25) is 0 Å². The third-order valence-corrected chi connectivity index (χ3v) is 21.0. The molecule has 1 fully saturated rings. The summed E-state index contributed by atoms with van der Waals surface area (Å²) in [5.41, 5.74) is 1.66. The molecule has 0 spiro atoms. The van der Waals surface area contributed by atoms with E-state index in [4.69, 9.17) is 4.74 Å². The van der Waals surface area contributed by atoms with Crippen molar-refractivity contribution in [2.24, 2.45) is 0 Å². The van der Waals surface area contributed by atoms with Crippen LogP contribution < -0.4 is 22.5 Å². The number of nitrogens with one attached hydrogen (secondary N) is 2. The fourth-order valence-electron chi connectivity index (χ4n) is 5.86. The van der Waals surface area contributed by atoms with Gasteiger partial charge in [0.1, 0.15) is 0 Å². The second-order valence-corrected chi connectivity index (χ2v) is 22.7. The molecule has 200 valence electrons. The summed E-state index contributed by atoms with van der Waals surface area (Å²) in [6.45, 7) is 8.23. The number of rotatable bonds is 6. The van der Waals surface area contributed by atoms with Gasteiger partial charge in [-0.15, -0.1) is 0 Å². The van der Waals surface area contributed by atoms with Crippen LogP contribution in [0.2, 0.25) is 4.94 Å². The zero-order chi connectivity index (χ0) is 27.3. The first kappa shape index (κ1) is 26.3. The van der Waals surface area contributed by atoms with Gasteiger partial charge in [0, 0.05) is 0 Å². The molecule has 1 saturated heterocycles. The van der Waals surface area contributed by atoms with Crippen LogP contribution in [0, 0.1) is 6.92 Å². The van der Waals surface area contributed by atoms with Crippen LogP contribution in [0.1, 0.15) is 35.5 Å². The average Bonchev–Trinajstić information content (AvgIpc) is 3.53. The molecule has 4 heterocycles. The number of thiophene rings is 1. The molecule has 2 amide bonds. The Kier molecular flexibility index (Phi) is 6.89. The predicted molar refractivity (Wildman–Crippen MR) is 160 cm³/mol. The summed E-state index contributed by atoms with van der Waals surface area (Å²) in [5, 5.41) is 7.35. The number of aryl methyl sites for hydroxylation is 1. The van der Waals surface area contributed by atoms with Crippen molar-refractivity contribution in [3.8, 4) is 11.5 Å². The van der Waals surface area contributed by atoms with Crippen molar-refractivity contribution in [1.82, 2.24) is 15.2 Å². The Bertz CT molecular complexity index is 1590. The number of nitrogens with zero attached hydrogens (tertiary/aromatic N) is 2. The van der Waals surface area contributed by atoms with Crippen LogP contribution in [0.5, 0.6) is 11.5 Å². The molecule has 2 N–H and O–H groups in total. The average molecular weight is 647 g/mol. The van der Waals surface area contributed by atoms with Gasteiger partial charge in [-0.05, 0) is 0 Å². The zero-order valence-corrected chi connectivity index (χ0v) is 26.2. The molecule has 0 aliphatic carbocycles. The molecule has 39 heavy (non-hydrogen) atoms. The molecule has 2 atom stereocenters. The van der Waals surface area contributed by atoms with Gasteiger partial charge >= 0.3 is 237 Å². The molecule has 6 rings (SSSR count). The van der Waals surface area contributed by atoms with Gasteiger partial charge in [-0.25, -0.2) is 0 Å². The fraction of sp³-hybridized carbons (Fsp3) is 0.300. The van der Waals surface area contributed by atoms with Crippen LogP contribution >= 0.6 is 11.3 Å². The first-order valence-corrected chi connectivity index (χ1v) is 21.3. The van der Waals surface area contributed by atoms with E-state index in [2.05, 4.69) is 45.4 Å². The van der Waals surface area contributed by atoms with Crippen molar-refractivity contribution in [2.75, 3.05) is 18.4 Å². The van der Waals surface area contributed by atoms with E-state index in [1.54, 1.807) is 6.20 Å². The topological polar surface area (TPSA) is 83.6 Å². The number of ether oxygens (including phenoxy) is 1. The van der Waals surface area contributed by atoms with Gasteiger partial charge in [0.25, 0.3) is 0 Å². The summed E-state index contributed by atoms with van der Waals surface area (Å²) in [6, 6.07) is 18.3. The number of aromatic nitrogens is 1. The molecule has 7 nitrogen and oxygen atoms in total. The molecular formula is C30H32N4O3SSn. The van der Waals surface area contributed by atoms with E-state index in [9.17, 15) is 9.59 Å². The summed E-state index contributed by atoms with van der Waals surface area (Å²) in [5.74, 6) is 1.38. The Labute approximate surface area is 236 Å². The molecule has 0 bridgehead atoms. The summed E-state index contributed by atoms with van der Waals surface area (Å²) >= 11 is -2.50.